The summed E-state index contributed by atoms with van der Waals surface area (Å²) in [5.41, 5.74) is 1.65. The second-order valence-corrected chi connectivity index (χ2v) is 5.66. The summed E-state index contributed by atoms with van der Waals surface area (Å²) in [6.07, 6.45) is 2.47. The van der Waals surface area contributed by atoms with Gasteiger partial charge in [-0.05, 0) is 45.2 Å². The van der Waals surface area contributed by atoms with Gasteiger partial charge in [0.25, 0.3) is 5.91 Å². The quantitative estimate of drug-likeness (QED) is 0.866. The van der Waals surface area contributed by atoms with Gasteiger partial charge in [0.05, 0.1) is 5.69 Å². The van der Waals surface area contributed by atoms with E-state index in [1.165, 1.54) is 12.8 Å². The average Bonchev–Trinajstić information content (AvgIpc) is 3.00. The first kappa shape index (κ1) is 12.7. The third-order valence-corrected chi connectivity index (χ3v) is 4.31. The molecule has 2 aliphatic rings. The molecule has 5 heteroatoms. The molecule has 5 nitrogen and oxygen atoms in total. The molecular formula is C14H22N4O. The van der Waals surface area contributed by atoms with E-state index >= 15 is 0 Å². The topological polar surface area (TPSA) is 50.2 Å². The Morgan fingerprint density at radius 1 is 1.53 bits per heavy atom. The van der Waals surface area contributed by atoms with Gasteiger partial charge in [-0.25, -0.2) is 0 Å². The summed E-state index contributed by atoms with van der Waals surface area (Å²) in [4.78, 5) is 14.6. The van der Waals surface area contributed by atoms with E-state index in [0.717, 1.165) is 37.6 Å². The molecule has 1 N–H and O–H groups in total. The largest absolute Gasteiger partial charge is 0.335 e. The molecule has 104 valence electrons. The van der Waals surface area contributed by atoms with Crippen LogP contribution in [0.3, 0.4) is 0 Å². The lowest BCUT2D eigenvalue weighted by atomic mass is 9.94. The molecule has 0 aromatic carbocycles. The van der Waals surface area contributed by atoms with Crippen LogP contribution in [-0.2, 0) is 6.54 Å². The van der Waals surface area contributed by atoms with Gasteiger partial charge < -0.3 is 10.2 Å². The highest BCUT2D eigenvalue weighted by Gasteiger charge is 2.37. The monoisotopic (exact) mass is 262 g/mol. The smallest absolute Gasteiger partial charge is 0.272 e. The molecule has 1 aromatic heterocycles. The Bertz CT molecular complexity index is 468. The van der Waals surface area contributed by atoms with Crippen LogP contribution in [0.15, 0.2) is 6.07 Å². The van der Waals surface area contributed by atoms with E-state index in [1.807, 2.05) is 29.5 Å². The van der Waals surface area contributed by atoms with Crippen LogP contribution in [0, 0.1) is 12.8 Å². The first-order valence-electron chi connectivity index (χ1n) is 7.26. The van der Waals surface area contributed by atoms with Crippen molar-refractivity contribution >= 4 is 5.91 Å². The van der Waals surface area contributed by atoms with Crippen LogP contribution in [0.25, 0.3) is 0 Å². The summed E-state index contributed by atoms with van der Waals surface area (Å²) in [7, 11) is 0. The molecule has 2 saturated heterocycles. The molecule has 0 saturated carbocycles. The Hall–Kier alpha value is -1.36. The first-order valence-corrected chi connectivity index (χ1v) is 7.26. The number of rotatable bonds is 2. The van der Waals surface area contributed by atoms with Crippen LogP contribution in [0.5, 0.6) is 0 Å². The van der Waals surface area contributed by atoms with E-state index in [0.29, 0.717) is 12.0 Å². The molecule has 2 aliphatic heterocycles. The third kappa shape index (κ3) is 2.27. The van der Waals surface area contributed by atoms with Crippen LogP contribution in [0.4, 0.5) is 0 Å². The fourth-order valence-corrected chi connectivity index (χ4v) is 3.33. The van der Waals surface area contributed by atoms with Gasteiger partial charge in [0, 0.05) is 25.7 Å². The molecule has 0 unspecified atom stereocenters. The van der Waals surface area contributed by atoms with Crippen molar-refractivity contribution in [3.63, 3.8) is 0 Å². The Kier molecular flexibility index (Phi) is 3.31. The van der Waals surface area contributed by atoms with Crippen LogP contribution >= 0.6 is 0 Å². The van der Waals surface area contributed by atoms with Crippen molar-refractivity contribution in [1.82, 2.24) is 20.0 Å². The van der Waals surface area contributed by atoms with Crippen molar-refractivity contribution in [2.75, 3.05) is 19.6 Å². The maximum atomic E-state index is 12.6. The Morgan fingerprint density at radius 2 is 2.37 bits per heavy atom. The summed E-state index contributed by atoms with van der Waals surface area (Å²) in [5, 5.41) is 7.90. The van der Waals surface area contributed by atoms with E-state index in [2.05, 4.69) is 10.4 Å². The third-order valence-electron chi connectivity index (χ3n) is 4.31. The summed E-state index contributed by atoms with van der Waals surface area (Å²) in [6.45, 7) is 7.54. The molecule has 0 aliphatic carbocycles. The van der Waals surface area contributed by atoms with Crippen LogP contribution in [0.1, 0.15) is 35.9 Å². The number of carbonyl (C=O) groups is 1. The van der Waals surface area contributed by atoms with Gasteiger partial charge in [-0.2, -0.15) is 5.10 Å². The van der Waals surface area contributed by atoms with E-state index in [1.54, 1.807) is 0 Å². The molecule has 0 spiro atoms. The number of hydrogen-bond acceptors (Lipinski definition) is 3. The summed E-state index contributed by atoms with van der Waals surface area (Å²) in [5.74, 6) is 0.774. The SMILES string of the molecule is CCn1nc(C)cc1C(=O)N1C[C@@H]2CCCN[C@@H]2C1. The molecule has 1 amide bonds. The lowest BCUT2D eigenvalue weighted by Gasteiger charge is -2.24. The fraction of sp³-hybridized carbons (Fsp3) is 0.714. The van der Waals surface area contributed by atoms with Crippen molar-refractivity contribution in [3.05, 3.63) is 17.5 Å². The highest BCUT2D eigenvalue weighted by molar-refractivity contribution is 5.93. The number of nitrogens with zero attached hydrogens (tertiary/aromatic N) is 3. The number of nitrogens with one attached hydrogen (secondary N) is 1. The highest BCUT2D eigenvalue weighted by atomic mass is 16.2. The summed E-state index contributed by atoms with van der Waals surface area (Å²) >= 11 is 0. The lowest BCUT2D eigenvalue weighted by molar-refractivity contribution is 0.0773. The predicted molar refractivity (Wildman–Crippen MR) is 73.1 cm³/mol. The van der Waals surface area contributed by atoms with E-state index in [-0.39, 0.29) is 5.91 Å². The summed E-state index contributed by atoms with van der Waals surface area (Å²) < 4.78 is 1.81. The number of aryl methyl sites for hydroxylation is 2. The zero-order chi connectivity index (χ0) is 13.4. The molecule has 0 bridgehead atoms. The molecule has 0 radical (unpaired) electrons. The van der Waals surface area contributed by atoms with Gasteiger partial charge >= 0.3 is 0 Å². The highest BCUT2D eigenvalue weighted by Crippen LogP contribution is 2.26. The van der Waals surface area contributed by atoms with Gasteiger partial charge in [0.2, 0.25) is 0 Å². The molecule has 1 aromatic rings. The second-order valence-electron chi connectivity index (χ2n) is 5.66. The normalized spacial score (nSPS) is 26.5. The van der Waals surface area contributed by atoms with Crippen LogP contribution < -0.4 is 5.32 Å². The zero-order valence-electron chi connectivity index (χ0n) is 11.7. The molecule has 19 heavy (non-hydrogen) atoms. The van der Waals surface area contributed by atoms with E-state index in [9.17, 15) is 4.79 Å². The number of carbonyl (C=O) groups excluding carboxylic acids is 1. The van der Waals surface area contributed by atoms with Gasteiger partial charge in [0.15, 0.2) is 0 Å². The first-order chi connectivity index (χ1) is 9.19. The molecule has 3 heterocycles. The number of aromatic nitrogens is 2. The van der Waals surface area contributed by atoms with Crippen LogP contribution in [0.2, 0.25) is 0 Å². The second kappa shape index (κ2) is 4.96. The van der Waals surface area contributed by atoms with Gasteiger partial charge in [0.1, 0.15) is 5.69 Å². The predicted octanol–water partition coefficient (Wildman–Crippen LogP) is 1.04. The standard InChI is InChI=1S/C14H22N4O/c1-3-18-13(7-10(2)16-18)14(19)17-8-11-5-4-6-15-12(11)9-17/h7,11-12,15H,3-6,8-9H2,1-2H3/t11-,12+/m0/s1. The number of likely N-dealkylation sites (tertiary alicyclic amines) is 1. The number of amides is 1. The van der Waals surface area contributed by atoms with Crippen molar-refractivity contribution in [3.8, 4) is 0 Å². The Labute approximate surface area is 114 Å². The van der Waals surface area contributed by atoms with Gasteiger partial charge in [-0.15, -0.1) is 0 Å². The molecule has 3 rings (SSSR count). The minimum absolute atomic E-state index is 0.138. The van der Waals surface area contributed by atoms with E-state index < -0.39 is 0 Å². The minimum atomic E-state index is 0.138. The van der Waals surface area contributed by atoms with Crippen molar-refractivity contribution in [2.24, 2.45) is 5.92 Å². The Morgan fingerprint density at radius 3 is 3.11 bits per heavy atom. The maximum absolute atomic E-state index is 12.6. The average molecular weight is 262 g/mol. The lowest BCUT2D eigenvalue weighted by Crippen LogP contribution is -2.41. The number of hydrogen-bond donors (Lipinski definition) is 1. The number of fused-ring (bicyclic) bond motifs is 1. The van der Waals surface area contributed by atoms with Crippen LogP contribution in [-0.4, -0.2) is 46.3 Å². The number of piperidine rings is 1. The zero-order valence-corrected chi connectivity index (χ0v) is 11.7. The van der Waals surface area contributed by atoms with Crippen molar-refractivity contribution in [1.29, 1.82) is 0 Å². The van der Waals surface area contributed by atoms with Crippen molar-refractivity contribution in [2.45, 2.75) is 39.3 Å². The molecule has 2 fully saturated rings. The van der Waals surface area contributed by atoms with Crippen molar-refractivity contribution < 1.29 is 4.79 Å². The minimum Gasteiger partial charge on any atom is -0.335 e. The fourth-order valence-electron chi connectivity index (χ4n) is 3.33. The molecule has 2 atom stereocenters. The summed E-state index contributed by atoms with van der Waals surface area (Å²) in [6, 6.07) is 2.40. The van der Waals surface area contributed by atoms with Gasteiger partial charge in [-0.3, -0.25) is 9.48 Å². The maximum Gasteiger partial charge on any atom is 0.272 e. The van der Waals surface area contributed by atoms with Gasteiger partial charge in [-0.1, -0.05) is 0 Å². The van der Waals surface area contributed by atoms with E-state index in [4.69, 9.17) is 0 Å². The molecular weight excluding hydrogens is 240 g/mol. The Balaban J connectivity index is 1.77.